The van der Waals surface area contributed by atoms with E-state index in [1.165, 1.54) is 0 Å². The van der Waals surface area contributed by atoms with Gasteiger partial charge < -0.3 is 4.90 Å². The zero-order chi connectivity index (χ0) is 13.4. The van der Waals surface area contributed by atoms with E-state index in [-0.39, 0.29) is 0 Å². The number of nitrogens with zero attached hydrogens (tertiary/aromatic N) is 5. The summed E-state index contributed by atoms with van der Waals surface area (Å²) in [6, 6.07) is 10.4. The van der Waals surface area contributed by atoms with Gasteiger partial charge in [0.25, 0.3) is 0 Å². The van der Waals surface area contributed by atoms with Crippen LogP contribution in [0.15, 0.2) is 48.9 Å². The maximum absolute atomic E-state index is 4.71. The van der Waals surface area contributed by atoms with E-state index in [0.29, 0.717) is 6.04 Å². The van der Waals surface area contributed by atoms with Gasteiger partial charge in [0.2, 0.25) is 0 Å². The van der Waals surface area contributed by atoms with Crippen molar-refractivity contribution in [2.45, 2.75) is 12.5 Å². The molecular formula is C15H15N5. The number of aromatic nitrogens is 4. The largest absolute Gasteiger partial charge is 0.353 e. The van der Waals surface area contributed by atoms with Crippen LogP contribution < -0.4 is 4.90 Å². The van der Waals surface area contributed by atoms with E-state index in [0.717, 1.165) is 36.4 Å². The Bertz CT molecular complexity index is 722. The van der Waals surface area contributed by atoms with Crippen LogP contribution in [0.4, 0.5) is 5.82 Å². The maximum Gasteiger partial charge on any atom is 0.147 e. The molecule has 0 spiro atoms. The summed E-state index contributed by atoms with van der Waals surface area (Å²) in [7, 11) is 0. The molecule has 5 heteroatoms. The fourth-order valence-corrected chi connectivity index (χ4v) is 2.76. The fourth-order valence-electron chi connectivity index (χ4n) is 2.76. The minimum absolute atomic E-state index is 0.429. The number of anilines is 1. The van der Waals surface area contributed by atoms with Crippen LogP contribution in [0, 0.1) is 0 Å². The molecule has 0 radical (unpaired) electrons. The molecule has 1 aliphatic heterocycles. The van der Waals surface area contributed by atoms with Gasteiger partial charge in [-0.1, -0.05) is 12.1 Å². The summed E-state index contributed by atoms with van der Waals surface area (Å²) in [5.74, 6) is 0.957. The lowest BCUT2D eigenvalue weighted by Crippen LogP contribution is -2.22. The lowest BCUT2D eigenvalue weighted by molar-refractivity contribution is 0.494. The third-order valence-corrected chi connectivity index (χ3v) is 3.82. The van der Waals surface area contributed by atoms with Crippen molar-refractivity contribution in [1.82, 2.24) is 19.7 Å². The molecule has 5 nitrogen and oxygen atoms in total. The van der Waals surface area contributed by atoms with Crippen molar-refractivity contribution in [2.24, 2.45) is 0 Å². The van der Waals surface area contributed by atoms with Crippen molar-refractivity contribution >= 4 is 16.9 Å². The van der Waals surface area contributed by atoms with Gasteiger partial charge in [-0.2, -0.15) is 5.10 Å². The Kier molecular flexibility index (Phi) is 2.62. The van der Waals surface area contributed by atoms with Gasteiger partial charge in [-0.3, -0.25) is 9.67 Å². The van der Waals surface area contributed by atoms with E-state index in [2.05, 4.69) is 15.0 Å². The Morgan fingerprint density at radius 1 is 1.10 bits per heavy atom. The first-order chi connectivity index (χ1) is 9.90. The molecule has 0 saturated carbocycles. The summed E-state index contributed by atoms with van der Waals surface area (Å²) in [5, 5.41) is 4.33. The smallest absolute Gasteiger partial charge is 0.147 e. The quantitative estimate of drug-likeness (QED) is 0.713. The van der Waals surface area contributed by atoms with Crippen LogP contribution in [0.25, 0.3) is 11.0 Å². The highest BCUT2D eigenvalue weighted by Gasteiger charge is 2.25. The molecule has 0 aliphatic carbocycles. The van der Waals surface area contributed by atoms with Crippen molar-refractivity contribution in [3.8, 4) is 0 Å². The average Bonchev–Trinajstić information content (AvgIpc) is 3.17. The predicted octanol–water partition coefficient (Wildman–Crippen LogP) is 2.28. The van der Waals surface area contributed by atoms with Crippen LogP contribution in [0.1, 0.15) is 12.5 Å². The summed E-state index contributed by atoms with van der Waals surface area (Å²) in [6.45, 7) is 1.94. The zero-order valence-corrected chi connectivity index (χ0v) is 11.1. The highest BCUT2D eigenvalue weighted by atomic mass is 15.3. The molecule has 1 fully saturated rings. The topological polar surface area (TPSA) is 46.8 Å². The van der Waals surface area contributed by atoms with Gasteiger partial charge in [0.15, 0.2) is 0 Å². The number of fused-ring (bicyclic) bond motifs is 1. The second-order valence-corrected chi connectivity index (χ2v) is 5.09. The molecule has 0 N–H and O–H groups in total. The molecule has 100 valence electrons. The molecular weight excluding hydrogens is 250 g/mol. The lowest BCUT2D eigenvalue weighted by Gasteiger charge is -2.17. The first-order valence-corrected chi connectivity index (χ1v) is 6.86. The molecule has 2 aromatic heterocycles. The van der Waals surface area contributed by atoms with Crippen LogP contribution in [-0.4, -0.2) is 32.8 Å². The SMILES string of the molecule is c1ccc2nc(N3CCC(n4cccn4)C3)cnc2c1. The zero-order valence-electron chi connectivity index (χ0n) is 11.1. The van der Waals surface area contributed by atoms with Crippen LogP contribution in [0.5, 0.6) is 0 Å². The van der Waals surface area contributed by atoms with Crippen molar-refractivity contribution < 1.29 is 0 Å². The monoisotopic (exact) mass is 265 g/mol. The Balaban J connectivity index is 1.61. The van der Waals surface area contributed by atoms with Gasteiger partial charge >= 0.3 is 0 Å². The molecule has 3 aromatic rings. The molecule has 1 aromatic carbocycles. The summed E-state index contributed by atoms with van der Waals surface area (Å²) in [4.78, 5) is 11.5. The molecule has 0 bridgehead atoms. The van der Waals surface area contributed by atoms with Gasteiger partial charge in [0.05, 0.1) is 23.3 Å². The van der Waals surface area contributed by atoms with Gasteiger partial charge in [-0.05, 0) is 24.6 Å². The third kappa shape index (κ3) is 1.91. The molecule has 4 rings (SSSR count). The van der Waals surface area contributed by atoms with E-state index in [1.54, 1.807) is 0 Å². The number of hydrogen-bond acceptors (Lipinski definition) is 4. The number of rotatable bonds is 2. The van der Waals surface area contributed by atoms with E-state index in [1.807, 2.05) is 53.6 Å². The van der Waals surface area contributed by atoms with Crippen LogP contribution in [-0.2, 0) is 0 Å². The molecule has 1 saturated heterocycles. The Hall–Kier alpha value is -2.43. The summed E-state index contributed by atoms with van der Waals surface area (Å²) < 4.78 is 2.04. The normalized spacial score (nSPS) is 18.8. The van der Waals surface area contributed by atoms with Gasteiger partial charge in [0.1, 0.15) is 5.82 Å². The number of para-hydroxylation sites is 2. The van der Waals surface area contributed by atoms with Crippen molar-refractivity contribution in [3.63, 3.8) is 0 Å². The minimum atomic E-state index is 0.429. The Morgan fingerprint density at radius 3 is 2.85 bits per heavy atom. The summed E-state index contributed by atoms with van der Waals surface area (Å²) >= 11 is 0. The molecule has 0 amide bonds. The average molecular weight is 265 g/mol. The Labute approximate surface area is 116 Å². The van der Waals surface area contributed by atoms with Crippen LogP contribution >= 0.6 is 0 Å². The summed E-state index contributed by atoms with van der Waals surface area (Å²) in [6.07, 6.45) is 6.82. The van der Waals surface area contributed by atoms with Gasteiger partial charge in [-0.25, -0.2) is 4.98 Å². The van der Waals surface area contributed by atoms with Gasteiger partial charge in [-0.15, -0.1) is 0 Å². The second kappa shape index (κ2) is 4.59. The highest BCUT2D eigenvalue weighted by molar-refractivity contribution is 5.75. The van der Waals surface area contributed by atoms with Crippen molar-refractivity contribution in [1.29, 1.82) is 0 Å². The molecule has 1 unspecified atom stereocenters. The minimum Gasteiger partial charge on any atom is -0.353 e. The first kappa shape index (κ1) is 11.4. The van der Waals surface area contributed by atoms with E-state index >= 15 is 0 Å². The number of benzene rings is 1. The van der Waals surface area contributed by atoms with Crippen molar-refractivity contribution in [3.05, 3.63) is 48.9 Å². The molecule has 20 heavy (non-hydrogen) atoms. The third-order valence-electron chi connectivity index (χ3n) is 3.82. The van der Waals surface area contributed by atoms with Crippen LogP contribution in [0.3, 0.4) is 0 Å². The standard InChI is InChI=1S/C15H15N5/c1-2-5-14-13(4-1)16-10-15(18-14)19-9-6-12(11-19)20-8-3-7-17-20/h1-5,7-8,10,12H,6,9,11H2. The Morgan fingerprint density at radius 2 is 2.00 bits per heavy atom. The van der Waals surface area contributed by atoms with Crippen molar-refractivity contribution in [2.75, 3.05) is 18.0 Å². The molecule has 3 heterocycles. The predicted molar refractivity (Wildman–Crippen MR) is 77.6 cm³/mol. The number of hydrogen-bond donors (Lipinski definition) is 0. The van der Waals surface area contributed by atoms with Gasteiger partial charge in [0, 0.05) is 25.5 Å². The van der Waals surface area contributed by atoms with E-state index in [4.69, 9.17) is 4.98 Å². The lowest BCUT2D eigenvalue weighted by atomic mass is 10.3. The molecule has 1 atom stereocenters. The molecule has 1 aliphatic rings. The van der Waals surface area contributed by atoms with Crippen LogP contribution in [0.2, 0.25) is 0 Å². The highest BCUT2D eigenvalue weighted by Crippen LogP contribution is 2.25. The summed E-state index contributed by atoms with van der Waals surface area (Å²) in [5.41, 5.74) is 1.90. The van der Waals surface area contributed by atoms with E-state index in [9.17, 15) is 0 Å². The first-order valence-electron chi connectivity index (χ1n) is 6.86. The maximum atomic E-state index is 4.71. The second-order valence-electron chi connectivity index (χ2n) is 5.09. The fraction of sp³-hybridized carbons (Fsp3) is 0.267. The van der Waals surface area contributed by atoms with E-state index < -0.39 is 0 Å².